The van der Waals surface area contributed by atoms with Gasteiger partial charge in [0.2, 0.25) is 0 Å². The summed E-state index contributed by atoms with van der Waals surface area (Å²) in [5.74, 6) is -0.0382. The predicted molar refractivity (Wildman–Crippen MR) is 149 cm³/mol. The van der Waals surface area contributed by atoms with E-state index < -0.39 is 0 Å². The maximum Gasteiger partial charge on any atom is 0.270 e. The Kier molecular flexibility index (Phi) is 7.82. The largest absolute Gasteiger partial charge is 0.484 e. The number of thiocarbonyl (C=S) groups is 1. The quantitative estimate of drug-likeness (QED) is 0.267. The number of benzene rings is 3. The van der Waals surface area contributed by atoms with Crippen molar-refractivity contribution in [3.63, 3.8) is 0 Å². The average Bonchev–Trinajstić information content (AvgIpc) is 3.05. The summed E-state index contributed by atoms with van der Waals surface area (Å²) in [6.07, 6.45) is 1.77. The third-order valence-electron chi connectivity index (χ3n) is 5.06. The van der Waals surface area contributed by atoms with E-state index in [-0.39, 0.29) is 18.4 Å². The van der Waals surface area contributed by atoms with Crippen LogP contribution in [0.15, 0.2) is 65.6 Å². The summed E-state index contributed by atoms with van der Waals surface area (Å²) in [5, 5.41) is 3.54. The molecule has 0 spiro atoms. The number of amides is 2. The van der Waals surface area contributed by atoms with E-state index in [1.54, 1.807) is 47.4 Å². The zero-order valence-electron chi connectivity index (χ0n) is 18.8. The van der Waals surface area contributed by atoms with Crippen molar-refractivity contribution in [2.75, 3.05) is 16.8 Å². The molecular weight excluding hydrogens is 523 g/mol. The molecule has 0 bridgehead atoms. The van der Waals surface area contributed by atoms with Gasteiger partial charge in [-0.25, -0.2) is 0 Å². The summed E-state index contributed by atoms with van der Waals surface area (Å²) in [4.78, 5) is 27.5. The van der Waals surface area contributed by atoms with Crippen molar-refractivity contribution in [2.45, 2.75) is 13.8 Å². The number of hydrogen-bond acceptors (Lipinski definition) is 5. The molecule has 5 nitrogen and oxygen atoms in total. The van der Waals surface area contributed by atoms with Crippen molar-refractivity contribution >= 4 is 80.8 Å². The molecule has 1 saturated heterocycles. The van der Waals surface area contributed by atoms with Crippen LogP contribution in [0.4, 0.5) is 11.4 Å². The first-order valence-electron chi connectivity index (χ1n) is 10.5. The SMILES string of the molecule is Cc1ccc(N2C(=O)/C(=C/c3cccc(OCC(=O)Nc4cc(Cl)cc(Cl)c4)c3)SC2=S)c(C)c1. The van der Waals surface area contributed by atoms with Gasteiger partial charge in [-0.15, -0.1) is 0 Å². The molecule has 178 valence electrons. The molecule has 0 atom stereocenters. The zero-order valence-corrected chi connectivity index (χ0v) is 21.9. The van der Waals surface area contributed by atoms with Gasteiger partial charge < -0.3 is 10.1 Å². The number of rotatable bonds is 6. The van der Waals surface area contributed by atoms with Gasteiger partial charge >= 0.3 is 0 Å². The van der Waals surface area contributed by atoms with Crippen LogP contribution in [-0.2, 0) is 9.59 Å². The Bertz CT molecular complexity index is 1350. The summed E-state index contributed by atoms with van der Waals surface area (Å²) in [6, 6.07) is 17.8. The van der Waals surface area contributed by atoms with E-state index in [2.05, 4.69) is 5.32 Å². The smallest absolute Gasteiger partial charge is 0.270 e. The second kappa shape index (κ2) is 10.8. The van der Waals surface area contributed by atoms with Crippen LogP contribution in [0, 0.1) is 13.8 Å². The first-order valence-corrected chi connectivity index (χ1v) is 12.5. The molecule has 2 amide bonds. The van der Waals surface area contributed by atoms with E-state index in [0.29, 0.717) is 30.7 Å². The number of ether oxygens (including phenoxy) is 1. The fourth-order valence-corrected chi connectivity index (χ4v) is 5.36. The Balaban J connectivity index is 1.44. The van der Waals surface area contributed by atoms with Gasteiger partial charge in [-0.3, -0.25) is 14.5 Å². The predicted octanol–water partition coefficient (Wildman–Crippen LogP) is 7.03. The van der Waals surface area contributed by atoms with Gasteiger partial charge in [-0.1, -0.05) is 77.0 Å². The minimum atomic E-state index is -0.358. The fraction of sp³-hybridized carbons (Fsp3) is 0.115. The molecule has 0 radical (unpaired) electrons. The van der Waals surface area contributed by atoms with Gasteiger partial charge in [0.05, 0.1) is 10.6 Å². The van der Waals surface area contributed by atoms with Gasteiger partial charge in [0.15, 0.2) is 10.9 Å². The minimum Gasteiger partial charge on any atom is -0.484 e. The molecule has 1 aliphatic rings. The third kappa shape index (κ3) is 6.24. The highest BCUT2D eigenvalue weighted by Gasteiger charge is 2.34. The molecule has 0 aliphatic carbocycles. The van der Waals surface area contributed by atoms with Crippen LogP contribution in [0.3, 0.4) is 0 Å². The van der Waals surface area contributed by atoms with Crippen LogP contribution in [0.2, 0.25) is 10.0 Å². The zero-order chi connectivity index (χ0) is 25.1. The molecule has 0 unspecified atom stereocenters. The van der Waals surface area contributed by atoms with E-state index in [9.17, 15) is 9.59 Å². The number of hydrogen-bond donors (Lipinski definition) is 1. The first kappa shape index (κ1) is 25.3. The third-order valence-corrected chi connectivity index (χ3v) is 6.80. The molecule has 3 aromatic rings. The number of nitrogens with one attached hydrogen (secondary N) is 1. The van der Waals surface area contributed by atoms with E-state index in [0.717, 1.165) is 22.4 Å². The maximum absolute atomic E-state index is 13.1. The number of nitrogens with zero attached hydrogens (tertiary/aromatic N) is 1. The van der Waals surface area contributed by atoms with Crippen LogP contribution < -0.4 is 15.0 Å². The molecule has 35 heavy (non-hydrogen) atoms. The Hall–Kier alpha value is -2.84. The van der Waals surface area contributed by atoms with Gasteiger partial charge in [0.1, 0.15) is 5.75 Å². The van der Waals surface area contributed by atoms with Gasteiger partial charge in [-0.05, 0) is 67.4 Å². The first-order chi connectivity index (χ1) is 16.7. The average molecular weight is 543 g/mol. The van der Waals surface area contributed by atoms with Crippen LogP contribution >= 0.6 is 47.2 Å². The maximum atomic E-state index is 13.1. The van der Waals surface area contributed by atoms with E-state index >= 15 is 0 Å². The van der Waals surface area contributed by atoms with E-state index in [4.69, 9.17) is 40.2 Å². The highest BCUT2D eigenvalue weighted by atomic mass is 35.5. The molecule has 3 aromatic carbocycles. The van der Waals surface area contributed by atoms with Crippen LogP contribution in [0.25, 0.3) is 6.08 Å². The van der Waals surface area contributed by atoms with Crippen molar-refractivity contribution in [3.8, 4) is 5.75 Å². The second-order valence-corrected chi connectivity index (χ2v) is 10.4. The minimum absolute atomic E-state index is 0.169. The highest BCUT2D eigenvalue weighted by molar-refractivity contribution is 8.27. The van der Waals surface area contributed by atoms with Gasteiger partial charge in [-0.2, -0.15) is 0 Å². The van der Waals surface area contributed by atoms with Crippen LogP contribution in [0.1, 0.15) is 16.7 Å². The summed E-state index contributed by atoms with van der Waals surface area (Å²) < 4.78 is 6.12. The van der Waals surface area contributed by atoms with Gasteiger partial charge in [0.25, 0.3) is 11.8 Å². The Morgan fingerprint density at radius 3 is 2.54 bits per heavy atom. The molecular formula is C26H20Cl2N2O3S2. The summed E-state index contributed by atoms with van der Waals surface area (Å²) in [6.45, 7) is 3.76. The number of carbonyl (C=O) groups is 2. The fourth-order valence-electron chi connectivity index (χ4n) is 3.55. The number of anilines is 2. The lowest BCUT2D eigenvalue weighted by molar-refractivity contribution is -0.118. The highest BCUT2D eigenvalue weighted by Crippen LogP contribution is 2.37. The topological polar surface area (TPSA) is 58.6 Å². The van der Waals surface area contributed by atoms with Crippen molar-refractivity contribution in [2.24, 2.45) is 0 Å². The summed E-state index contributed by atoms with van der Waals surface area (Å²) in [5.41, 5.74) is 4.12. The Labute approximate surface area is 223 Å². The van der Waals surface area contributed by atoms with Crippen molar-refractivity contribution in [1.82, 2.24) is 0 Å². The van der Waals surface area contributed by atoms with Crippen LogP contribution in [-0.4, -0.2) is 22.7 Å². The van der Waals surface area contributed by atoms with E-state index in [1.807, 2.05) is 38.1 Å². The van der Waals surface area contributed by atoms with Crippen LogP contribution in [0.5, 0.6) is 5.75 Å². The normalized spacial score (nSPS) is 14.5. The molecule has 1 fully saturated rings. The number of carbonyl (C=O) groups excluding carboxylic acids is 2. The molecule has 0 aromatic heterocycles. The lowest BCUT2D eigenvalue weighted by Gasteiger charge is -2.17. The summed E-state index contributed by atoms with van der Waals surface area (Å²) >= 11 is 18.7. The lowest BCUT2D eigenvalue weighted by atomic mass is 10.1. The van der Waals surface area contributed by atoms with Crippen molar-refractivity contribution in [1.29, 1.82) is 0 Å². The molecule has 1 heterocycles. The standard InChI is InChI=1S/C26H20Cl2N2O3S2/c1-15-6-7-22(16(2)8-15)30-25(32)23(35-26(30)34)10-17-4-3-5-21(9-17)33-14-24(31)29-20-12-18(27)11-19(28)13-20/h3-13H,14H2,1-2H3,(H,29,31)/b23-10-. The molecule has 1 aliphatic heterocycles. The molecule has 9 heteroatoms. The second-order valence-electron chi connectivity index (χ2n) is 7.87. The Morgan fingerprint density at radius 1 is 1.09 bits per heavy atom. The molecule has 4 rings (SSSR count). The van der Waals surface area contributed by atoms with E-state index in [1.165, 1.54) is 11.8 Å². The number of aryl methyl sites for hydroxylation is 2. The molecule has 1 N–H and O–H groups in total. The number of thioether (sulfide) groups is 1. The number of halogens is 2. The Morgan fingerprint density at radius 2 is 1.83 bits per heavy atom. The molecule has 0 saturated carbocycles. The lowest BCUT2D eigenvalue weighted by Crippen LogP contribution is -2.28. The monoisotopic (exact) mass is 542 g/mol. The van der Waals surface area contributed by atoms with Gasteiger partial charge in [0, 0.05) is 15.7 Å². The summed E-state index contributed by atoms with van der Waals surface area (Å²) in [7, 11) is 0. The van der Waals surface area contributed by atoms with Crippen molar-refractivity contribution in [3.05, 3.63) is 92.3 Å². The van der Waals surface area contributed by atoms with Crippen molar-refractivity contribution < 1.29 is 14.3 Å².